The molecule has 110 valence electrons. The minimum atomic E-state index is -0.296. The highest BCUT2D eigenvalue weighted by molar-refractivity contribution is 5.72. The second-order valence-electron chi connectivity index (χ2n) is 5.66. The Morgan fingerprint density at radius 1 is 1.33 bits per heavy atom. The fraction of sp³-hybridized carbons (Fsp3) is 0.375. The van der Waals surface area contributed by atoms with Crippen molar-refractivity contribution in [2.45, 2.75) is 19.3 Å². The summed E-state index contributed by atoms with van der Waals surface area (Å²) in [5.74, 6) is 0.625. The summed E-state index contributed by atoms with van der Waals surface area (Å²) in [5.41, 5.74) is 8.96. The lowest BCUT2D eigenvalue weighted by atomic mass is 9.89. The number of aromatic amines is 1. The highest BCUT2D eigenvalue weighted by Gasteiger charge is 2.21. The second kappa shape index (κ2) is 5.99. The quantitative estimate of drug-likeness (QED) is 0.908. The normalized spacial score (nSPS) is 16.1. The van der Waals surface area contributed by atoms with Gasteiger partial charge in [0, 0.05) is 24.8 Å². The number of piperidine rings is 1. The van der Waals surface area contributed by atoms with Gasteiger partial charge in [0.05, 0.1) is 6.20 Å². The first-order valence-electron chi connectivity index (χ1n) is 7.35. The van der Waals surface area contributed by atoms with E-state index in [1.165, 1.54) is 11.1 Å². The number of hydrogen-bond acceptors (Lipinski definition) is 2. The number of rotatable bonds is 3. The number of carbonyl (C=O) groups is 1. The molecule has 0 unspecified atom stereocenters. The molecule has 21 heavy (non-hydrogen) atoms. The Hall–Kier alpha value is -2.30. The largest absolute Gasteiger partial charge is 0.351 e. The molecule has 2 heterocycles. The van der Waals surface area contributed by atoms with Gasteiger partial charge >= 0.3 is 6.03 Å². The lowest BCUT2D eigenvalue weighted by molar-refractivity contribution is 0.179. The van der Waals surface area contributed by atoms with Gasteiger partial charge in [-0.05, 0) is 36.3 Å². The van der Waals surface area contributed by atoms with Crippen molar-refractivity contribution in [1.82, 2.24) is 15.1 Å². The predicted octanol–water partition coefficient (Wildman–Crippen LogP) is 2.41. The van der Waals surface area contributed by atoms with Crippen molar-refractivity contribution in [3.63, 3.8) is 0 Å². The molecule has 5 nitrogen and oxygen atoms in total. The molecule has 1 aromatic carbocycles. The Bertz CT molecular complexity index is 600. The molecule has 0 aliphatic carbocycles. The lowest BCUT2D eigenvalue weighted by Gasteiger charge is -2.30. The van der Waals surface area contributed by atoms with E-state index in [-0.39, 0.29) is 6.03 Å². The van der Waals surface area contributed by atoms with Crippen LogP contribution in [0.25, 0.3) is 11.1 Å². The molecule has 2 aromatic rings. The molecule has 0 saturated carbocycles. The Morgan fingerprint density at radius 3 is 2.81 bits per heavy atom. The van der Waals surface area contributed by atoms with Crippen molar-refractivity contribution in [3.05, 3.63) is 42.2 Å². The maximum atomic E-state index is 11.1. The average molecular weight is 284 g/mol. The summed E-state index contributed by atoms with van der Waals surface area (Å²) in [4.78, 5) is 12.9. The molecule has 1 aliphatic rings. The van der Waals surface area contributed by atoms with Crippen LogP contribution < -0.4 is 5.73 Å². The number of nitrogens with two attached hydrogens (primary N) is 1. The van der Waals surface area contributed by atoms with Gasteiger partial charge in [0.25, 0.3) is 0 Å². The number of urea groups is 1. The Labute approximate surface area is 124 Å². The van der Waals surface area contributed by atoms with E-state index in [9.17, 15) is 4.79 Å². The van der Waals surface area contributed by atoms with E-state index in [0.29, 0.717) is 5.92 Å². The van der Waals surface area contributed by atoms with Crippen molar-refractivity contribution >= 4 is 6.03 Å². The Kier molecular flexibility index (Phi) is 3.90. The number of benzene rings is 1. The molecule has 3 N–H and O–H groups in total. The van der Waals surface area contributed by atoms with Crippen LogP contribution in [-0.4, -0.2) is 34.2 Å². The Balaban J connectivity index is 1.64. The molecule has 1 aromatic heterocycles. The van der Waals surface area contributed by atoms with E-state index in [1.54, 1.807) is 4.90 Å². The van der Waals surface area contributed by atoms with Crippen LogP contribution in [0, 0.1) is 5.92 Å². The average Bonchev–Trinajstić information content (AvgIpc) is 3.02. The van der Waals surface area contributed by atoms with Crippen molar-refractivity contribution in [1.29, 1.82) is 0 Å². The number of likely N-dealkylation sites (tertiary alicyclic amines) is 1. The third-order valence-electron chi connectivity index (χ3n) is 4.21. The van der Waals surface area contributed by atoms with Crippen LogP contribution in [0.1, 0.15) is 18.4 Å². The van der Waals surface area contributed by atoms with E-state index >= 15 is 0 Å². The van der Waals surface area contributed by atoms with Crippen LogP contribution >= 0.6 is 0 Å². The smallest absolute Gasteiger partial charge is 0.314 e. The van der Waals surface area contributed by atoms with Crippen molar-refractivity contribution < 1.29 is 4.79 Å². The second-order valence-corrected chi connectivity index (χ2v) is 5.66. The van der Waals surface area contributed by atoms with Crippen molar-refractivity contribution in [3.8, 4) is 11.1 Å². The molecule has 0 atom stereocenters. The summed E-state index contributed by atoms with van der Waals surface area (Å²) in [6.07, 6.45) is 6.85. The molecule has 2 amide bonds. The molecule has 1 saturated heterocycles. The summed E-state index contributed by atoms with van der Waals surface area (Å²) in [5, 5.41) is 6.84. The third-order valence-corrected chi connectivity index (χ3v) is 4.21. The number of H-pyrrole nitrogens is 1. The molecule has 5 heteroatoms. The van der Waals surface area contributed by atoms with Crippen LogP contribution in [-0.2, 0) is 6.42 Å². The van der Waals surface area contributed by atoms with Crippen molar-refractivity contribution in [2.24, 2.45) is 11.7 Å². The topological polar surface area (TPSA) is 75.0 Å². The fourth-order valence-electron chi connectivity index (χ4n) is 2.98. The number of carbonyl (C=O) groups excluding carboxylic acids is 1. The van der Waals surface area contributed by atoms with E-state index in [4.69, 9.17) is 5.73 Å². The van der Waals surface area contributed by atoms with Crippen LogP contribution in [0.5, 0.6) is 0 Å². The highest BCUT2D eigenvalue weighted by atomic mass is 16.2. The van der Waals surface area contributed by atoms with E-state index < -0.39 is 0 Å². The molecule has 3 rings (SSSR count). The standard InChI is InChI=1S/C16H20N4O/c17-16(21)20-6-4-12(5-7-20)8-13-2-1-3-14(9-13)15-10-18-19-11-15/h1-3,9-12H,4-8H2,(H2,17,21)(H,18,19). The van der Waals surface area contributed by atoms with Gasteiger partial charge in [-0.15, -0.1) is 0 Å². The molecular formula is C16H20N4O. The maximum absolute atomic E-state index is 11.1. The monoisotopic (exact) mass is 284 g/mol. The maximum Gasteiger partial charge on any atom is 0.314 e. The molecule has 0 radical (unpaired) electrons. The fourth-order valence-corrected chi connectivity index (χ4v) is 2.98. The first-order chi connectivity index (χ1) is 10.2. The zero-order valence-corrected chi connectivity index (χ0v) is 12.0. The number of hydrogen-bond donors (Lipinski definition) is 2. The zero-order chi connectivity index (χ0) is 14.7. The summed E-state index contributed by atoms with van der Waals surface area (Å²) < 4.78 is 0. The van der Waals surface area contributed by atoms with Gasteiger partial charge in [0.2, 0.25) is 0 Å². The number of nitrogens with zero attached hydrogens (tertiary/aromatic N) is 2. The summed E-state index contributed by atoms with van der Waals surface area (Å²) in [6.45, 7) is 1.56. The Morgan fingerprint density at radius 2 is 2.14 bits per heavy atom. The summed E-state index contributed by atoms with van der Waals surface area (Å²) >= 11 is 0. The summed E-state index contributed by atoms with van der Waals surface area (Å²) in [6, 6.07) is 8.30. The van der Waals surface area contributed by atoms with Crippen molar-refractivity contribution in [2.75, 3.05) is 13.1 Å². The van der Waals surface area contributed by atoms with Crippen LogP contribution in [0.3, 0.4) is 0 Å². The van der Waals surface area contributed by atoms with E-state index in [0.717, 1.165) is 37.9 Å². The van der Waals surface area contributed by atoms with Crippen LogP contribution in [0.2, 0.25) is 0 Å². The number of amides is 2. The van der Waals surface area contributed by atoms with Crippen LogP contribution in [0.4, 0.5) is 4.79 Å². The van der Waals surface area contributed by atoms with Gasteiger partial charge in [-0.2, -0.15) is 5.10 Å². The first kappa shape index (κ1) is 13.7. The van der Waals surface area contributed by atoms with Gasteiger partial charge in [-0.1, -0.05) is 24.3 Å². The molecule has 1 fully saturated rings. The number of aromatic nitrogens is 2. The van der Waals surface area contributed by atoms with E-state index in [1.807, 2.05) is 12.4 Å². The van der Waals surface area contributed by atoms with Crippen LogP contribution in [0.15, 0.2) is 36.7 Å². The third kappa shape index (κ3) is 3.24. The van der Waals surface area contributed by atoms with Gasteiger partial charge in [0.15, 0.2) is 0 Å². The highest BCUT2D eigenvalue weighted by Crippen LogP contribution is 2.24. The number of nitrogens with one attached hydrogen (secondary N) is 1. The van der Waals surface area contributed by atoms with Gasteiger partial charge in [-0.3, -0.25) is 5.10 Å². The minimum absolute atomic E-state index is 0.296. The SMILES string of the molecule is NC(=O)N1CCC(Cc2cccc(-c3cn[nH]c3)c2)CC1. The lowest BCUT2D eigenvalue weighted by Crippen LogP contribution is -2.41. The van der Waals surface area contributed by atoms with E-state index in [2.05, 4.69) is 34.5 Å². The van der Waals surface area contributed by atoms with Gasteiger partial charge in [0.1, 0.15) is 0 Å². The zero-order valence-electron chi connectivity index (χ0n) is 12.0. The molecular weight excluding hydrogens is 264 g/mol. The molecule has 1 aliphatic heterocycles. The van der Waals surface area contributed by atoms with Gasteiger partial charge in [-0.25, -0.2) is 4.79 Å². The predicted molar refractivity (Wildman–Crippen MR) is 81.6 cm³/mol. The first-order valence-corrected chi connectivity index (χ1v) is 7.35. The number of primary amides is 1. The summed E-state index contributed by atoms with van der Waals surface area (Å²) in [7, 11) is 0. The minimum Gasteiger partial charge on any atom is -0.351 e. The molecule has 0 bridgehead atoms. The van der Waals surface area contributed by atoms with Gasteiger partial charge < -0.3 is 10.6 Å². The molecule has 0 spiro atoms.